The fourth-order valence-corrected chi connectivity index (χ4v) is 2.79. The maximum Gasteiger partial charge on any atom is 0.148 e. The van der Waals surface area contributed by atoms with E-state index in [-0.39, 0.29) is 5.82 Å². The zero-order valence-electron chi connectivity index (χ0n) is 10.5. The van der Waals surface area contributed by atoms with Gasteiger partial charge >= 0.3 is 0 Å². The van der Waals surface area contributed by atoms with E-state index in [0.717, 1.165) is 12.2 Å². The molecule has 1 aromatic rings. The minimum absolute atomic E-state index is 0.292. The van der Waals surface area contributed by atoms with Gasteiger partial charge in [-0.2, -0.15) is 0 Å². The summed E-state index contributed by atoms with van der Waals surface area (Å²) in [5.41, 5.74) is 7.00. The Kier molecular flexibility index (Phi) is 3.87. The van der Waals surface area contributed by atoms with Crippen molar-refractivity contribution in [3.05, 3.63) is 24.0 Å². The number of benzene rings is 1. The van der Waals surface area contributed by atoms with Crippen LogP contribution < -0.4 is 10.6 Å². The van der Waals surface area contributed by atoms with Crippen molar-refractivity contribution in [1.82, 2.24) is 0 Å². The number of nitrogens with zero attached hydrogens (tertiary/aromatic N) is 1. The second kappa shape index (κ2) is 5.39. The van der Waals surface area contributed by atoms with Crippen molar-refractivity contribution in [3.63, 3.8) is 0 Å². The van der Waals surface area contributed by atoms with E-state index in [0.29, 0.717) is 11.7 Å². The van der Waals surface area contributed by atoms with Crippen LogP contribution >= 0.6 is 0 Å². The monoisotopic (exact) mass is 236 g/mol. The van der Waals surface area contributed by atoms with Crippen LogP contribution in [0.15, 0.2) is 18.2 Å². The molecule has 17 heavy (non-hydrogen) atoms. The molecule has 2 rings (SSSR count). The van der Waals surface area contributed by atoms with Crippen LogP contribution in [0, 0.1) is 5.82 Å². The zero-order chi connectivity index (χ0) is 12.3. The Morgan fingerprint density at radius 2 is 2.00 bits per heavy atom. The number of halogens is 1. The molecule has 0 amide bonds. The molecule has 2 N–H and O–H groups in total. The number of hydrogen-bond acceptors (Lipinski definition) is 2. The number of hydrogen-bond donors (Lipinski definition) is 1. The van der Waals surface area contributed by atoms with E-state index in [9.17, 15) is 4.39 Å². The Balaban J connectivity index is 2.24. The van der Waals surface area contributed by atoms with Gasteiger partial charge < -0.3 is 10.6 Å². The minimum atomic E-state index is -0.309. The summed E-state index contributed by atoms with van der Waals surface area (Å²) in [6.45, 7) is 3.00. The molecule has 0 unspecified atom stereocenters. The van der Waals surface area contributed by atoms with E-state index in [2.05, 4.69) is 11.8 Å². The normalized spacial score (nSPS) is 17.1. The van der Waals surface area contributed by atoms with Gasteiger partial charge in [0.25, 0.3) is 0 Å². The Bertz CT molecular complexity index is 372. The van der Waals surface area contributed by atoms with Crippen molar-refractivity contribution in [2.24, 2.45) is 0 Å². The Labute approximate surface area is 103 Å². The molecule has 0 bridgehead atoms. The topological polar surface area (TPSA) is 29.3 Å². The third kappa shape index (κ3) is 2.54. The summed E-state index contributed by atoms with van der Waals surface area (Å²) < 4.78 is 13.5. The highest BCUT2D eigenvalue weighted by atomic mass is 19.1. The summed E-state index contributed by atoms with van der Waals surface area (Å²) in [5, 5.41) is 0. The molecule has 1 aliphatic rings. The summed E-state index contributed by atoms with van der Waals surface area (Å²) in [6.07, 6.45) is 6.27. The van der Waals surface area contributed by atoms with Crippen LogP contribution in [0.2, 0.25) is 0 Å². The summed E-state index contributed by atoms with van der Waals surface area (Å²) in [7, 11) is 0. The standard InChI is InChI=1S/C14H21FN2/c1-2-17(11-7-4-3-5-8-11)13-10-6-9-12(15)14(13)16/h6,9-11H,2-5,7-8,16H2,1H3. The molecule has 0 saturated heterocycles. The van der Waals surface area contributed by atoms with Crippen LogP contribution in [0.5, 0.6) is 0 Å². The second-order valence-electron chi connectivity index (χ2n) is 4.75. The number of anilines is 2. The maximum absolute atomic E-state index is 13.5. The van der Waals surface area contributed by atoms with Gasteiger partial charge in [-0.1, -0.05) is 25.3 Å². The van der Waals surface area contributed by atoms with Crippen LogP contribution in [0.1, 0.15) is 39.0 Å². The van der Waals surface area contributed by atoms with Crippen molar-refractivity contribution in [2.75, 3.05) is 17.2 Å². The Hall–Kier alpha value is -1.25. The second-order valence-corrected chi connectivity index (χ2v) is 4.75. The van der Waals surface area contributed by atoms with Gasteiger partial charge in [0, 0.05) is 12.6 Å². The first-order chi connectivity index (χ1) is 8.24. The largest absolute Gasteiger partial charge is 0.395 e. The van der Waals surface area contributed by atoms with Gasteiger partial charge in [0.15, 0.2) is 0 Å². The summed E-state index contributed by atoms with van der Waals surface area (Å²) >= 11 is 0. The summed E-state index contributed by atoms with van der Waals surface area (Å²) in [4.78, 5) is 2.26. The molecule has 0 spiro atoms. The minimum Gasteiger partial charge on any atom is -0.395 e. The maximum atomic E-state index is 13.5. The SMILES string of the molecule is CCN(c1cccc(F)c1N)C1CCCCC1. The van der Waals surface area contributed by atoms with Crippen LogP contribution in [0.4, 0.5) is 15.8 Å². The molecule has 0 heterocycles. The van der Waals surface area contributed by atoms with Gasteiger partial charge in [0.1, 0.15) is 5.82 Å². The molecule has 1 aliphatic carbocycles. The van der Waals surface area contributed by atoms with E-state index in [1.807, 2.05) is 6.07 Å². The number of rotatable bonds is 3. The van der Waals surface area contributed by atoms with E-state index < -0.39 is 0 Å². The summed E-state index contributed by atoms with van der Waals surface area (Å²) in [5.74, 6) is -0.309. The fraction of sp³-hybridized carbons (Fsp3) is 0.571. The first kappa shape index (κ1) is 12.2. The number of para-hydroxylation sites is 1. The third-order valence-electron chi connectivity index (χ3n) is 3.70. The van der Waals surface area contributed by atoms with Gasteiger partial charge in [-0.15, -0.1) is 0 Å². The average Bonchev–Trinajstić information content (AvgIpc) is 2.37. The molecule has 1 aromatic carbocycles. The highest BCUT2D eigenvalue weighted by Gasteiger charge is 2.22. The molecule has 2 nitrogen and oxygen atoms in total. The lowest BCUT2D eigenvalue weighted by molar-refractivity contribution is 0.418. The van der Waals surface area contributed by atoms with Gasteiger partial charge in [-0.25, -0.2) is 4.39 Å². The molecule has 3 heteroatoms. The smallest absolute Gasteiger partial charge is 0.148 e. The molecule has 94 valence electrons. The van der Waals surface area contributed by atoms with Crippen molar-refractivity contribution in [3.8, 4) is 0 Å². The highest BCUT2D eigenvalue weighted by molar-refractivity contribution is 5.68. The number of nitrogens with two attached hydrogens (primary N) is 1. The molecule has 0 atom stereocenters. The van der Waals surface area contributed by atoms with Crippen molar-refractivity contribution in [2.45, 2.75) is 45.1 Å². The first-order valence-corrected chi connectivity index (χ1v) is 6.54. The zero-order valence-corrected chi connectivity index (χ0v) is 10.5. The fourth-order valence-electron chi connectivity index (χ4n) is 2.79. The summed E-state index contributed by atoms with van der Waals surface area (Å²) in [6, 6.07) is 5.62. The van der Waals surface area contributed by atoms with Crippen LogP contribution in [0.25, 0.3) is 0 Å². The van der Waals surface area contributed by atoms with E-state index in [1.54, 1.807) is 6.07 Å². The number of nitrogen functional groups attached to an aromatic ring is 1. The van der Waals surface area contributed by atoms with E-state index in [4.69, 9.17) is 5.73 Å². The quantitative estimate of drug-likeness (QED) is 0.813. The van der Waals surface area contributed by atoms with Gasteiger partial charge in [-0.05, 0) is 31.9 Å². The van der Waals surface area contributed by atoms with E-state index >= 15 is 0 Å². The van der Waals surface area contributed by atoms with Crippen LogP contribution in [-0.2, 0) is 0 Å². The molecule has 1 saturated carbocycles. The Morgan fingerprint density at radius 1 is 1.29 bits per heavy atom. The van der Waals surface area contributed by atoms with Gasteiger partial charge in [-0.3, -0.25) is 0 Å². The van der Waals surface area contributed by atoms with Crippen molar-refractivity contribution >= 4 is 11.4 Å². The van der Waals surface area contributed by atoms with Gasteiger partial charge in [0.2, 0.25) is 0 Å². The predicted molar refractivity (Wildman–Crippen MR) is 70.7 cm³/mol. The highest BCUT2D eigenvalue weighted by Crippen LogP contribution is 2.31. The molecule has 1 fully saturated rings. The molecule has 0 aromatic heterocycles. The Morgan fingerprint density at radius 3 is 2.65 bits per heavy atom. The molecule has 0 radical (unpaired) electrons. The third-order valence-corrected chi connectivity index (χ3v) is 3.70. The average molecular weight is 236 g/mol. The lowest BCUT2D eigenvalue weighted by atomic mass is 9.93. The molecular formula is C14H21FN2. The molecule has 0 aliphatic heterocycles. The van der Waals surface area contributed by atoms with Crippen LogP contribution in [0.3, 0.4) is 0 Å². The predicted octanol–water partition coefficient (Wildman–Crippen LogP) is 3.57. The molecular weight excluding hydrogens is 215 g/mol. The van der Waals surface area contributed by atoms with E-state index in [1.165, 1.54) is 38.2 Å². The van der Waals surface area contributed by atoms with Crippen LogP contribution in [-0.4, -0.2) is 12.6 Å². The van der Waals surface area contributed by atoms with Crippen molar-refractivity contribution in [1.29, 1.82) is 0 Å². The van der Waals surface area contributed by atoms with Crippen molar-refractivity contribution < 1.29 is 4.39 Å². The lowest BCUT2D eigenvalue weighted by Crippen LogP contribution is -2.37. The van der Waals surface area contributed by atoms with Gasteiger partial charge in [0.05, 0.1) is 11.4 Å². The first-order valence-electron chi connectivity index (χ1n) is 6.54. The lowest BCUT2D eigenvalue weighted by Gasteiger charge is -2.36.